The van der Waals surface area contributed by atoms with Crippen molar-refractivity contribution in [1.82, 2.24) is 9.97 Å². The van der Waals surface area contributed by atoms with Crippen molar-refractivity contribution in [3.63, 3.8) is 0 Å². The second-order valence-corrected chi connectivity index (χ2v) is 6.99. The highest BCUT2D eigenvalue weighted by atomic mass is 32.2. The first-order chi connectivity index (χ1) is 9.78. The van der Waals surface area contributed by atoms with Gasteiger partial charge in [0, 0.05) is 10.6 Å². The number of para-hydroxylation sites is 1. The lowest BCUT2D eigenvalue weighted by atomic mass is 9.82. The quantitative estimate of drug-likeness (QED) is 0.878. The molecular formula is C16H21N3S. The summed E-state index contributed by atoms with van der Waals surface area (Å²) in [5.74, 6) is 1.41. The number of hydrogen-bond donors (Lipinski definition) is 1. The molecule has 3 rings (SSSR count). The van der Waals surface area contributed by atoms with Crippen LogP contribution in [-0.4, -0.2) is 21.8 Å². The Morgan fingerprint density at radius 1 is 1.25 bits per heavy atom. The van der Waals surface area contributed by atoms with Gasteiger partial charge in [0.25, 0.3) is 0 Å². The molecule has 2 N–H and O–H groups in total. The summed E-state index contributed by atoms with van der Waals surface area (Å²) in [6, 6.07) is 8.24. The van der Waals surface area contributed by atoms with Crippen LogP contribution in [0.3, 0.4) is 0 Å². The molecule has 3 nitrogen and oxygen atoms in total. The fraction of sp³-hybridized carbons (Fsp3) is 0.500. The van der Waals surface area contributed by atoms with Gasteiger partial charge in [0.1, 0.15) is 11.4 Å². The maximum absolute atomic E-state index is 5.96. The molecule has 1 aromatic carbocycles. The molecule has 0 aliphatic heterocycles. The van der Waals surface area contributed by atoms with Crippen molar-refractivity contribution < 1.29 is 0 Å². The zero-order chi connectivity index (χ0) is 13.9. The summed E-state index contributed by atoms with van der Waals surface area (Å²) >= 11 is 1.90. The number of benzene rings is 1. The average Bonchev–Trinajstić information content (AvgIpc) is 2.48. The van der Waals surface area contributed by atoms with Crippen LogP contribution in [0.4, 0.5) is 0 Å². The third-order valence-corrected chi connectivity index (χ3v) is 5.69. The molecular weight excluding hydrogens is 266 g/mol. The van der Waals surface area contributed by atoms with Crippen molar-refractivity contribution in [3.05, 3.63) is 30.6 Å². The van der Waals surface area contributed by atoms with Crippen molar-refractivity contribution in [1.29, 1.82) is 0 Å². The molecule has 0 radical (unpaired) electrons. The minimum absolute atomic E-state index is 0.585. The first-order valence-corrected chi connectivity index (χ1v) is 8.22. The molecule has 1 saturated carbocycles. The molecule has 3 atom stereocenters. The minimum Gasteiger partial charge on any atom is -0.330 e. The van der Waals surface area contributed by atoms with Crippen LogP contribution < -0.4 is 5.73 Å². The van der Waals surface area contributed by atoms with E-state index in [1.165, 1.54) is 19.3 Å². The second kappa shape index (κ2) is 6.10. The van der Waals surface area contributed by atoms with Gasteiger partial charge < -0.3 is 5.73 Å². The maximum Gasteiger partial charge on any atom is 0.117 e. The lowest BCUT2D eigenvalue weighted by molar-refractivity contribution is 0.306. The molecule has 1 heterocycles. The smallest absolute Gasteiger partial charge is 0.117 e. The highest BCUT2D eigenvalue weighted by Gasteiger charge is 2.29. The van der Waals surface area contributed by atoms with Crippen molar-refractivity contribution in [2.75, 3.05) is 6.54 Å². The predicted molar refractivity (Wildman–Crippen MR) is 84.7 cm³/mol. The minimum atomic E-state index is 0.585. The fourth-order valence-corrected chi connectivity index (χ4v) is 4.58. The molecule has 20 heavy (non-hydrogen) atoms. The largest absolute Gasteiger partial charge is 0.330 e. The molecule has 1 aromatic heterocycles. The first kappa shape index (κ1) is 13.8. The Kier molecular flexibility index (Phi) is 4.22. The molecule has 106 valence electrons. The second-order valence-electron chi connectivity index (χ2n) is 5.77. The first-order valence-electron chi connectivity index (χ1n) is 7.34. The van der Waals surface area contributed by atoms with Crippen LogP contribution in [-0.2, 0) is 0 Å². The van der Waals surface area contributed by atoms with Crippen LogP contribution in [0.1, 0.15) is 26.2 Å². The molecule has 1 fully saturated rings. The van der Waals surface area contributed by atoms with E-state index >= 15 is 0 Å². The summed E-state index contributed by atoms with van der Waals surface area (Å²) in [5.41, 5.74) is 6.99. The van der Waals surface area contributed by atoms with E-state index in [1.54, 1.807) is 6.33 Å². The van der Waals surface area contributed by atoms with E-state index in [0.717, 1.165) is 28.4 Å². The number of rotatable bonds is 3. The Morgan fingerprint density at radius 3 is 2.95 bits per heavy atom. The van der Waals surface area contributed by atoms with E-state index in [2.05, 4.69) is 29.0 Å². The van der Waals surface area contributed by atoms with Crippen molar-refractivity contribution in [2.45, 2.75) is 36.5 Å². The maximum atomic E-state index is 5.96. The highest BCUT2D eigenvalue weighted by molar-refractivity contribution is 8.00. The van der Waals surface area contributed by atoms with Crippen LogP contribution in [0.5, 0.6) is 0 Å². The van der Waals surface area contributed by atoms with Crippen LogP contribution in [0.15, 0.2) is 35.6 Å². The van der Waals surface area contributed by atoms with Gasteiger partial charge in [0.2, 0.25) is 0 Å². The van der Waals surface area contributed by atoms with Gasteiger partial charge in [-0.05, 0) is 37.3 Å². The summed E-state index contributed by atoms with van der Waals surface area (Å²) < 4.78 is 0. The van der Waals surface area contributed by atoms with Gasteiger partial charge in [-0.3, -0.25) is 0 Å². The van der Waals surface area contributed by atoms with E-state index in [0.29, 0.717) is 11.2 Å². The molecule has 0 saturated heterocycles. The Labute approximate surface area is 124 Å². The number of hydrogen-bond acceptors (Lipinski definition) is 4. The van der Waals surface area contributed by atoms with E-state index in [9.17, 15) is 0 Å². The standard InChI is InChI=1S/C16H21N3S/c1-11-6-7-12(9-17)15(8-11)20-16-13-4-2-3-5-14(13)18-10-19-16/h2-5,10-12,15H,6-9,17H2,1H3. The van der Waals surface area contributed by atoms with Gasteiger partial charge in [-0.1, -0.05) is 31.5 Å². The Hall–Kier alpha value is -1.13. The fourth-order valence-electron chi connectivity index (χ4n) is 3.02. The van der Waals surface area contributed by atoms with Gasteiger partial charge >= 0.3 is 0 Å². The van der Waals surface area contributed by atoms with Gasteiger partial charge in [-0.15, -0.1) is 11.8 Å². The molecule has 1 aliphatic carbocycles. The van der Waals surface area contributed by atoms with Crippen molar-refractivity contribution in [3.8, 4) is 0 Å². The highest BCUT2D eigenvalue weighted by Crippen LogP contribution is 2.40. The van der Waals surface area contributed by atoms with Gasteiger partial charge in [0.15, 0.2) is 0 Å². The number of nitrogens with two attached hydrogens (primary N) is 1. The third kappa shape index (κ3) is 2.81. The Morgan fingerprint density at radius 2 is 2.10 bits per heavy atom. The summed E-state index contributed by atoms with van der Waals surface area (Å²) in [6.45, 7) is 3.13. The van der Waals surface area contributed by atoms with E-state index in [4.69, 9.17) is 5.73 Å². The molecule has 3 unspecified atom stereocenters. The SMILES string of the molecule is CC1CCC(CN)C(Sc2ncnc3ccccc23)C1. The molecule has 0 spiro atoms. The van der Waals surface area contributed by atoms with Crippen LogP contribution in [0.2, 0.25) is 0 Å². The predicted octanol–water partition coefficient (Wildman–Crippen LogP) is 3.49. The molecule has 0 bridgehead atoms. The number of nitrogens with zero attached hydrogens (tertiary/aromatic N) is 2. The van der Waals surface area contributed by atoms with Crippen molar-refractivity contribution >= 4 is 22.7 Å². The summed E-state index contributed by atoms with van der Waals surface area (Å²) in [5, 5.41) is 2.85. The van der Waals surface area contributed by atoms with Crippen LogP contribution >= 0.6 is 11.8 Å². The van der Waals surface area contributed by atoms with E-state index in [1.807, 2.05) is 23.9 Å². The topological polar surface area (TPSA) is 51.8 Å². The third-order valence-electron chi connectivity index (χ3n) is 4.26. The van der Waals surface area contributed by atoms with Gasteiger partial charge in [-0.2, -0.15) is 0 Å². The summed E-state index contributed by atoms with van der Waals surface area (Å²) in [6.07, 6.45) is 5.47. The van der Waals surface area contributed by atoms with Gasteiger partial charge in [-0.25, -0.2) is 9.97 Å². The number of aromatic nitrogens is 2. The average molecular weight is 287 g/mol. The van der Waals surface area contributed by atoms with Crippen LogP contribution in [0, 0.1) is 11.8 Å². The molecule has 0 amide bonds. The van der Waals surface area contributed by atoms with Crippen LogP contribution in [0.25, 0.3) is 10.9 Å². The summed E-state index contributed by atoms with van der Waals surface area (Å²) in [4.78, 5) is 8.85. The molecule has 2 aromatic rings. The lowest BCUT2D eigenvalue weighted by Crippen LogP contribution is -2.31. The monoisotopic (exact) mass is 287 g/mol. The number of fused-ring (bicyclic) bond motifs is 1. The normalized spacial score (nSPS) is 26.8. The van der Waals surface area contributed by atoms with E-state index < -0.39 is 0 Å². The lowest BCUT2D eigenvalue weighted by Gasteiger charge is -2.33. The van der Waals surface area contributed by atoms with Crippen molar-refractivity contribution in [2.24, 2.45) is 17.6 Å². The summed E-state index contributed by atoms with van der Waals surface area (Å²) in [7, 11) is 0. The van der Waals surface area contributed by atoms with Gasteiger partial charge in [0.05, 0.1) is 5.52 Å². The zero-order valence-corrected chi connectivity index (χ0v) is 12.6. The van der Waals surface area contributed by atoms with E-state index in [-0.39, 0.29) is 0 Å². The Balaban J connectivity index is 1.88. The zero-order valence-electron chi connectivity index (χ0n) is 11.8. The molecule has 4 heteroatoms. The Bertz CT molecular complexity index is 581. The molecule has 1 aliphatic rings. The number of thioether (sulfide) groups is 1.